The van der Waals surface area contributed by atoms with Gasteiger partial charge in [0.2, 0.25) is 0 Å². The van der Waals surface area contributed by atoms with Gasteiger partial charge in [0.25, 0.3) is 0 Å². The number of carbonyl (C=O) groups excluding carboxylic acids is 1. The van der Waals surface area contributed by atoms with Gasteiger partial charge in [-0.3, -0.25) is 4.79 Å². The summed E-state index contributed by atoms with van der Waals surface area (Å²) < 4.78 is 0. The highest BCUT2D eigenvalue weighted by Crippen LogP contribution is 2.54. The lowest BCUT2D eigenvalue weighted by molar-refractivity contribution is -0.124. The Morgan fingerprint density at radius 2 is 2.25 bits per heavy atom. The van der Waals surface area contributed by atoms with Crippen molar-refractivity contribution in [3.05, 3.63) is 12.2 Å². The molecule has 0 radical (unpaired) electrons. The summed E-state index contributed by atoms with van der Waals surface area (Å²) in [5.74, 6) is 2.86. The minimum atomic E-state index is 0.334. The highest BCUT2D eigenvalue weighted by Gasteiger charge is 2.52. The van der Waals surface area contributed by atoms with Crippen LogP contribution in [0.1, 0.15) is 12.8 Å². The van der Waals surface area contributed by atoms with Crippen LogP contribution in [0, 0.1) is 23.7 Å². The average Bonchev–Trinajstić information content (AvgIpc) is 2.54. The molecule has 0 amide bonds. The Morgan fingerprint density at radius 3 is 3.08 bits per heavy atom. The van der Waals surface area contributed by atoms with Crippen molar-refractivity contribution >= 4 is 21.7 Å². The first-order valence-corrected chi connectivity index (χ1v) is 5.54. The number of hydrogen-bond donors (Lipinski definition) is 0. The van der Waals surface area contributed by atoms with E-state index in [0.717, 1.165) is 18.8 Å². The predicted octanol–water partition coefficient (Wildman–Crippen LogP) is 2.16. The molecule has 3 aliphatic carbocycles. The fourth-order valence-corrected chi connectivity index (χ4v) is 4.20. The number of carbonyl (C=O) groups is 1. The van der Waals surface area contributed by atoms with Crippen LogP contribution >= 0.6 is 15.9 Å². The predicted molar refractivity (Wildman–Crippen MR) is 50.1 cm³/mol. The third kappa shape index (κ3) is 0.723. The summed E-state index contributed by atoms with van der Waals surface area (Å²) in [5, 5.41) is 0. The Morgan fingerprint density at radius 1 is 1.42 bits per heavy atom. The molecule has 2 bridgehead atoms. The highest BCUT2D eigenvalue weighted by molar-refractivity contribution is 9.09. The molecule has 3 rings (SSSR count). The van der Waals surface area contributed by atoms with Crippen molar-refractivity contribution in [2.75, 3.05) is 0 Å². The zero-order chi connectivity index (χ0) is 8.29. The van der Waals surface area contributed by atoms with Crippen molar-refractivity contribution in [2.24, 2.45) is 23.7 Å². The molecule has 0 saturated heterocycles. The maximum Gasteiger partial charge on any atom is 0.137 e. The molecule has 1 nitrogen and oxygen atoms in total. The van der Waals surface area contributed by atoms with E-state index in [4.69, 9.17) is 0 Å². The maximum absolute atomic E-state index is 11.6. The molecule has 64 valence electrons. The van der Waals surface area contributed by atoms with Gasteiger partial charge < -0.3 is 0 Å². The van der Waals surface area contributed by atoms with Gasteiger partial charge in [0.15, 0.2) is 0 Å². The standard InChI is InChI=1S/C10H11BrO/c11-10-6-2-1-5-3-9(12)8(10)4-7(5)6/h1-2,5-8,10H,3-4H2. The molecule has 2 heteroatoms. The van der Waals surface area contributed by atoms with Crippen LogP contribution in [0.25, 0.3) is 0 Å². The summed E-state index contributed by atoms with van der Waals surface area (Å²) in [5.41, 5.74) is 0. The molecule has 5 atom stereocenters. The third-order valence-corrected chi connectivity index (χ3v) is 5.00. The lowest BCUT2D eigenvalue weighted by atomic mass is 9.80. The molecule has 0 heterocycles. The molecule has 0 aromatic rings. The van der Waals surface area contributed by atoms with Crippen LogP contribution in [0.4, 0.5) is 0 Å². The van der Waals surface area contributed by atoms with Gasteiger partial charge in [-0.2, -0.15) is 0 Å². The van der Waals surface area contributed by atoms with Gasteiger partial charge in [-0.1, -0.05) is 28.1 Å². The molecule has 0 N–H and O–H groups in total. The monoisotopic (exact) mass is 226 g/mol. The topological polar surface area (TPSA) is 17.1 Å². The van der Waals surface area contributed by atoms with Gasteiger partial charge in [-0.15, -0.1) is 0 Å². The van der Waals surface area contributed by atoms with Crippen molar-refractivity contribution in [3.63, 3.8) is 0 Å². The first kappa shape index (κ1) is 7.31. The van der Waals surface area contributed by atoms with E-state index in [1.54, 1.807) is 0 Å². The normalized spacial score (nSPS) is 55.1. The van der Waals surface area contributed by atoms with Gasteiger partial charge in [-0.05, 0) is 24.2 Å². The highest BCUT2D eigenvalue weighted by atomic mass is 79.9. The van der Waals surface area contributed by atoms with Gasteiger partial charge in [0.05, 0.1) is 0 Å². The van der Waals surface area contributed by atoms with Crippen LogP contribution in [0.15, 0.2) is 12.2 Å². The molecule has 5 unspecified atom stereocenters. The second-order valence-corrected chi connectivity index (χ2v) is 5.30. The summed E-state index contributed by atoms with van der Waals surface area (Å²) in [4.78, 5) is 12.0. The molecule has 12 heavy (non-hydrogen) atoms. The van der Waals surface area contributed by atoms with Crippen molar-refractivity contribution in [2.45, 2.75) is 17.7 Å². The van der Waals surface area contributed by atoms with Crippen molar-refractivity contribution in [3.8, 4) is 0 Å². The lowest BCUT2D eigenvalue weighted by Crippen LogP contribution is -2.26. The van der Waals surface area contributed by atoms with E-state index in [0.29, 0.717) is 28.4 Å². The maximum atomic E-state index is 11.6. The number of allylic oxidation sites excluding steroid dienone is 2. The van der Waals surface area contributed by atoms with Crippen LogP contribution in [0.5, 0.6) is 0 Å². The SMILES string of the molecule is O=C1CC2C=CC3C(Br)C1CC23. The fourth-order valence-electron chi connectivity index (χ4n) is 3.12. The van der Waals surface area contributed by atoms with E-state index in [2.05, 4.69) is 28.1 Å². The van der Waals surface area contributed by atoms with E-state index < -0.39 is 0 Å². The van der Waals surface area contributed by atoms with Crippen molar-refractivity contribution < 1.29 is 4.79 Å². The van der Waals surface area contributed by atoms with Crippen LogP contribution in [0.3, 0.4) is 0 Å². The van der Waals surface area contributed by atoms with Gasteiger partial charge >= 0.3 is 0 Å². The number of hydrogen-bond acceptors (Lipinski definition) is 1. The van der Waals surface area contributed by atoms with Gasteiger partial charge in [0.1, 0.15) is 5.78 Å². The summed E-state index contributed by atoms with van der Waals surface area (Å²) in [6.07, 6.45) is 6.53. The van der Waals surface area contributed by atoms with Crippen LogP contribution < -0.4 is 0 Å². The van der Waals surface area contributed by atoms with E-state index in [1.807, 2.05) is 0 Å². The summed E-state index contributed by atoms with van der Waals surface area (Å²) in [7, 11) is 0. The molecule has 2 saturated carbocycles. The Labute approximate surface area is 80.3 Å². The molecule has 0 spiro atoms. The van der Waals surface area contributed by atoms with Crippen molar-refractivity contribution in [1.29, 1.82) is 0 Å². The quantitative estimate of drug-likeness (QED) is 0.457. The first-order valence-electron chi connectivity index (χ1n) is 4.62. The Hall–Kier alpha value is -0.110. The smallest absolute Gasteiger partial charge is 0.137 e. The molecular formula is C10H11BrO. The van der Waals surface area contributed by atoms with Crippen LogP contribution in [-0.2, 0) is 4.79 Å². The molecule has 3 aliphatic rings. The van der Waals surface area contributed by atoms with Crippen molar-refractivity contribution in [1.82, 2.24) is 0 Å². The number of Topliss-reactive ketones (excluding diaryl/α,β-unsaturated/α-hetero) is 1. The van der Waals surface area contributed by atoms with E-state index >= 15 is 0 Å². The average molecular weight is 227 g/mol. The van der Waals surface area contributed by atoms with E-state index in [9.17, 15) is 4.79 Å². The molecule has 2 fully saturated rings. The summed E-state index contributed by atoms with van der Waals surface area (Å²) in [6.45, 7) is 0. The number of alkyl halides is 1. The third-order valence-electron chi connectivity index (χ3n) is 3.75. The molecule has 0 aromatic carbocycles. The largest absolute Gasteiger partial charge is 0.299 e. The van der Waals surface area contributed by atoms with Gasteiger partial charge in [0, 0.05) is 17.2 Å². The molecule has 0 aromatic heterocycles. The first-order chi connectivity index (χ1) is 5.77. The van der Waals surface area contributed by atoms with E-state index in [1.165, 1.54) is 0 Å². The fraction of sp³-hybridized carbons (Fsp3) is 0.700. The molecule has 0 aliphatic heterocycles. The second-order valence-electron chi connectivity index (χ2n) is 4.25. The second kappa shape index (κ2) is 2.22. The van der Waals surface area contributed by atoms with Gasteiger partial charge in [-0.25, -0.2) is 0 Å². The Balaban J connectivity index is 2.06. The number of rotatable bonds is 0. The minimum absolute atomic E-state index is 0.334. The van der Waals surface area contributed by atoms with Crippen LogP contribution in [0.2, 0.25) is 0 Å². The Bertz CT molecular complexity index is 269. The number of fused-ring (bicyclic) bond motifs is 1. The lowest BCUT2D eigenvalue weighted by Gasteiger charge is -2.23. The summed E-state index contributed by atoms with van der Waals surface area (Å²) >= 11 is 3.67. The molecular weight excluding hydrogens is 216 g/mol. The zero-order valence-electron chi connectivity index (χ0n) is 6.74. The number of halogens is 1. The van der Waals surface area contributed by atoms with Crippen LogP contribution in [-0.4, -0.2) is 10.6 Å². The minimum Gasteiger partial charge on any atom is -0.299 e. The zero-order valence-corrected chi connectivity index (χ0v) is 8.33. The number of ketones is 1. The van der Waals surface area contributed by atoms with E-state index in [-0.39, 0.29) is 0 Å². The summed E-state index contributed by atoms with van der Waals surface area (Å²) in [6, 6.07) is 0. The Kier molecular flexibility index (Phi) is 1.35.